The summed E-state index contributed by atoms with van der Waals surface area (Å²) in [6.07, 6.45) is 0. The number of rotatable bonds is 5. The lowest BCUT2D eigenvalue weighted by Gasteiger charge is -2.23. The molecule has 118 valence electrons. The summed E-state index contributed by atoms with van der Waals surface area (Å²) in [6, 6.07) is 1.69. The summed E-state index contributed by atoms with van der Waals surface area (Å²) < 4.78 is 36.4. The smallest absolute Gasteiger partial charge is 0.261 e. The van der Waals surface area contributed by atoms with Gasteiger partial charge in [-0.2, -0.15) is 0 Å². The monoisotopic (exact) mass is 355 g/mol. The summed E-state index contributed by atoms with van der Waals surface area (Å²) in [7, 11) is 1.04. The number of nitrogens with zero attached hydrogens (tertiary/aromatic N) is 1. The first-order valence-electron chi connectivity index (χ1n) is 6.30. The van der Waals surface area contributed by atoms with Crippen LogP contribution < -0.4 is 0 Å². The second-order valence-electron chi connectivity index (χ2n) is 4.94. The maximum Gasteiger partial charge on any atom is 0.261 e. The van der Waals surface area contributed by atoms with E-state index < -0.39 is 30.7 Å². The molecule has 0 N–H and O–H groups in total. The zero-order valence-corrected chi connectivity index (χ0v) is 14.2. The molecule has 0 bridgehead atoms. The van der Waals surface area contributed by atoms with Gasteiger partial charge >= 0.3 is 0 Å². The molecule has 8 heteroatoms. The molecular weight excluding hydrogens is 340 g/mol. The fraction of sp³-hybridized carbons (Fsp3) is 0.462. The van der Waals surface area contributed by atoms with E-state index in [1.165, 1.54) is 4.90 Å². The van der Waals surface area contributed by atoms with Gasteiger partial charge in [0.15, 0.2) is 0 Å². The Kier molecular flexibility index (Phi) is 6.01. The first kappa shape index (κ1) is 18.2. The quantitative estimate of drug-likeness (QED) is 0.759. The summed E-state index contributed by atoms with van der Waals surface area (Å²) >= 11 is 5.79. The Morgan fingerprint density at radius 3 is 2.38 bits per heavy atom. The highest BCUT2D eigenvalue weighted by molar-refractivity contribution is 8.13. The first-order chi connectivity index (χ1) is 9.57. The molecule has 0 aliphatic heterocycles. The molecule has 0 aliphatic carbocycles. The Hall–Kier alpha value is -0.850. The number of halogens is 3. The normalized spacial score (nSPS) is 11.8. The van der Waals surface area contributed by atoms with Crippen LogP contribution in [0.4, 0.5) is 4.39 Å². The zero-order chi connectivity index (χ0) is 16.4. The van der Waals surface area contributed by atoms with Gasteiger partial charge < -0.3 is 4.90 Å². The second-order valence-corrected chi connectivity index (χ2v) is 7.89. The summed E-state index contributed by atoms with van der Waals surface area (Å²) in [5, 5.41) is -0.411. The predicted molar refractivity (Wildman–Crippen MR) is 80.9 cm³/mol. The molecular formula is C13H16Cl2FNO3S. The van der Waals surface area contributed by atoms with Crippen molar-refractivity contribution in [2.24, 2.45) is 5.92 Å². The van der Waals surface area contributed by atoms with Crippen LogP contribution in [0.1, 0.15) is 31.1 Å². The van der Waals surface area contributed by atoms with Crippen LogP contribution in [-0.2, 0) is 9.05 Å². The number of hydrogen-bond acceptors (Lipinski definition) is 3. The lowest BCUT2D eigenvalue weighted by atomic mass is 10.1. The van der Waals surface area contributed by atoms with Gasteiger partial charge in [0.25, 0.3) is 15.0 Å². The van der Waals surface area contributed by atoms with Crippen LogP contribution in [-0.4, -0.2) is 32.3 Å². The summed E-state index contributed by atoms with van der Waals surface area (Å²) in [5.41, 5.74) is -0.210. The molecule has 0 spiro atoms. The summed E-state index contributed by atoms with van der Waals surface area (Å²) in [5.74, 6) is -1.32. The molecule has 21 heavy (non-hydrogen) atoms. The van der Waals surface area contributed by atoms with E-state index in [1.807, 2.05) is 13.8 Å². The van der Waals surface area contributed by atoms with Crippen molar-refractivity contribution in [3.05, 3.63) is 28.5 Å². The van der Waals surface area contributed by atoms with Gasteiger partial charge in [0, 0.05) is 23.8 Å². The number of hydrogen-bond donors (Lipinski definition) is 0. The molecule has 0 unspecified atom stereocenters. The molecule has 1 aromatic rings. The first-order valence-corrected chi connectivity index (χ1v) is 8.99. The van der Waals surface area contributed by atoms with E-state index in [1.54, 1.807) is 6.92 Å². The summed E-state index contributed by atoms with van der Waals surface area (Å²) in [4.78, 5) is 13.4. The molecule has 1 rings (SSSR count). The van der Waals surface area contributed by atoms with Crippen LogP contribution in [0.2, 0.25) is 5.02 Å². The van der Waals surface area contributed by atoms with Gasteiger partial charge in [0.1, 0.15) is 5.82 Å². The molecule has 4 nitrogen and oxygen atoms in total. The number of carbonyl (C=O) groups excluding carboxylic acids is 1. The van der Waals surface area contributed by atoms with E-state index in [0.29, 0.717) is 19.2 Å². The Labute approximate surface area is 133 Å². The molecule has 0 fully saturated rings. The van der Waals surface area contributed by atoms with Crippen LogP contribution in [0.3, 0.4) is 0 Å². The molecule has 0 heterocycles. The molecule has 0 aliphatic rings. The highest BCUT2D eigenvalue weighted by Gasteiger charge is 2.24. The third-order valence-corrected chi connectivity index (χ3v) is 4.49. The second kappa shape index (κ2) is 6.94. The Balaban J connectivity index is 3.35. The van der Waals surface area contributed by atoms with Gasteiger partial charge in [-0.05, 0) is 25.0 Å². The van der Waals surface area contributed by atoms with E-state index in [-0.39, 0.29) is 11.5 Å². The number of benzene rings is 1. The average Bonchev–Trinajstić information content (AvgIpc) is 2.36. The standard InChI is InChI=1S/C13H16Cl2FNO3S/c1-4-17(7-8(2)3)13(18)10-5-9(21(15,19)20)6-11(16)12(10)14/h5-6,8H,4,7H2,1-3H3. The Morgan fingerprint density at radius 1 is 1.38 bits per heavy atom. The average molecular weight is 356 g/mol. The van der Waals surface area contributed by atoms with E-state index in [0.717, 1.165) is 6.07 Å². The fourth-order valence-corrected chi connectivity index (χ4v) is 2.79. The minimum absolute atomic E-state index is 0.206. The van der Waals surface area contributed by atoms with Crippen molar-refractivity contribution in [1.29, 1.82) is 0 Å². The van der Waals surface area contributed by atoms with Crippen molar-refractivity contribution >= 4 is 37.2 Å². The minimum Gasteiger partial charge on any atom is -0.339 e. The van der Waals surface area contributed by atoms with Crippen LogP contribution in [0, 0.1) is 11.7 Å². The topological polar surface area (TPSA) is 54.5 Å². The van der Waals surface area contributed by atoms with Gasteiger partial charge in [-0.1, -0.05) is 25.4 Å². The van der Waals surface area contributed by atoms with Crippen molar-refractivity contribution in [3.63, 3.8) is 0 Å². The largest absolute Gasteiger partial charge is 0.339 e. The lowest BCUT2D eigenvalue weighted by Crippen LogP contribution is -2.34. The molecule has 0 saturated carbocycles. The maximum atomic E-state index is 13.7. The van der Waals surface area contributed by atoms with Crippen LogP contribution in [0.15, 0.2) is 17.0 Å². The van der Waals surface area contributed by atoms with Crippen molar-refractivity contribution in [1.82, 2.24) is 4.90 Å². The van der Waals surface area contributed by atoms with Crippen LogP contribution in [0.25, 0.3) is 0 Å². The van der Waals surface area contributed by atoms with E-state index in [2.05, 4.69) is 0 Å². The van der Waals surface area contributed by atoms with Gasteiger partial charge in [-0.25, -0.2) is 12.8 Å². The van der Waals surface area contributed by atoms with Gasteiger partial charge in [0.2, 0.25) is 0 Å². The van der Waals surface area contributed by atoms with Crippen molar-refractivity contribution in [3.8, 4) is 0 Å². The van der Waals surface area contributed by atoms with Crippen LogP contribution >= 0.6 is 22.3 Å². The SMILES string of the molecule is CCN(CC(C)C)C(=O)c1cc(S(=O)(=O)Cl)cc(F)c1Cl. The Bertz CT molecular complexity index is 647. The summed E-state index contributed by atoms with van der Waals surface area (Å²) in [6.45, 7) is 6.47. The molecule has 0 saturated heterocycles. The lowest BCUT2D eigenvalue weighted by molar-refractivity contribution is 0.0745. The van der Waals surface area contributed by atoms with Gasteiger partial charge in [-0.3, -0.25) is 4.79 Å². The van der Waals surface area contributed by atoms with Gasteiger partial charge in [-0.15, -0.1) is 0 Å². The molecule has 0 atom stereocenters. The maximum absolute atomic E-state index is 13.7. The zero-order valence-electron chi connectivity index (χ0n) is 11.9. The molecule has 1 aromatic carbocycles. The minimum atomic E-state index is -4.15. The fourth-order valence-electron chi connectivity index (χ4n) is 1.83. The Morgan fingerprint density at radius 2 is 1.95 bits per heavy atom. The van der Waals surface area contributed by atoms with E-state index in [9.17, 15) is 17.6 Å². The van der Waals surface area contributed by atoms with Gasteiger partial charge in [0.05, 0.1) is 15.5 Å². The predicted octanol–water partition coefficient (Wildman–Crippen LogP) is 3.52. The highest BCUT2D eigenvalue weighted by Crippen LogP contribution is 2.27. The molecule has 1 amide bonds. The van der Waals surface area contributed by atoms with Crippen molar-refractivity contribution in [2.75, 3.05) is 13.1 Å². The third kappa shape index (κ3) is 4.56. The third-order valence-electron chi connectivity index (χ3n) is 2.77. The van der Waals surface area contributed by atoms with E-state index >= 15 is 0 Å². The number of amides is 1. The molecule has 0 aromatic heterocycles. The number of carbonyl (C=O) groups is 1. The van der Waals surface area contributed by atoms with Crippen molar-refractivity contribution in [2.45, 2.75) is 25.7 Å². The molecule has 0 radical (unpaired) electrons. The van der Waals surface area contributed by atoms with E-state index in [4.69, 9.17) is 22.3 Å². The highest BCUT2D eigenvalue weighted by atomic mass is 35.7. The van der Waals surface area contributed by atoms with Crippen LogP contribution in [0.5, 0.6) is 0 Å². The van der Waals surface area contributed by atoms with Crippen molar-refractivity contribution < 1.29 is 17.6 Å².